The Labute approximate surface area is 172 Å². The summed E-state index contributed by atoms with van der Waals surface area (Å²) >= 11 is 0. The van der Waals surface area contributed by atoms with E-state index in [9.17, 15) is 9.90 Å². The molecule has 1 fully saturated rings. The summed E-state index contributed by atoms with van der Waals surface area (Å²) in [4.78, 5) is 12.7. The van der Waals surface area contributed by atoms with Crippen LogP contribution in [0.1, 0.15) is 17.0 Å². The van der Waals surface area contributed by atoms with Crippen molar-refractivity contribution in [3.05, 3.63) is 35.4 Å². The summed E-state index contributed by atoms with van der Waals surface area (Å²) in [5, 5.41) is 11.1. The van der Waals surface area contributed by atoms with Gasteiger partial charge in [0.25, 0.3) is 5.79 Å². The fourth-order valence-corrected chi connectivity index (χ4v) is 4.32. The first kappa shape index (κ1) is 18.7. The van der Waals surface area contributed by atoms with E-state index in [1.807, 2.05) is 0 Å². The molecule has 9 nitrogen and oxygen atoms in total. The number of carbonyl (C=O) groups is 1. The average molecular weight is 416 g/mol. The second-order valence-electron chi connectivity index (χ2n) is 7.21. The summed E-state index contributed by atoms with van der Waals surface area (Å²) in [6, 6.07) is 6.91. The summed E-state index contributed by atoms with van der Waals surface area (Å²) in [5.41, 5.74) is 1.32. The van der Waals surface area contributed by atoms with Crippen molar-refractivity contribution in [1.82, 2.24) is 0 Å². The first-order valence-electron chi connectivity index (χ1n) is 9.30. The molecule has 0 spiro atoms. The first-order valence-corrected chi connectivity index (χ1v) is 9.30. The topological polar surface area (TPSA) is 102 Å². The lowest BCUT2D eigenvalue weighted by atomic mass is 9.75. The molecule has 158 valence electrons. The van der Waals surface area contributed by atoms with Gasteiger partial charge in [-0.15, -0.1) is 0 Å². The van der Waals surface area contributed by atoms with Gasteiger partial charge in [-0.3, -0.25) is 4.79 Å². The zero-order valence-electron chi connectivity index (χ0n) is 16.6. The third-order valence-corrected chi connectivity index (χ3v) is 5.67. The van der Waals surface area contributed by atoms with E-state index in [2.05, 4.69) is 0 Å². The van der Waals surface area contributed by atoms with Gasteiger partial charge in [0, 0.05) is 17.5 Å². The van der Waals surface area contributed by atoms with Crippen molar-refractivity contribution in [3.8, 4) is 34.5 Å². The quantitative estimate of drug-likeness (QED) is 0.748. The number of hydrogen-bond acceptors (Lipinski definition) is 9. The zero-order chi connectivity index (χ0) is 21.0. The predicted octanol–water partition coefficient (Wildman–Crippen LogP) is 1.83. The largest absolute Gasteiger partial charge is 0.493 e. The van der Waals surface area contributed by atoms with E-state index < -0.39 is 23.6 Å². The van der Waals surface area contributed by atoms with Gasteiger partial charge in [-0.2, -0.15) is 0 Å². The van der Waals surface area contributed by atoms with E-state index in [0.29, 0.717) is 45.6 Å². The number of aliphatic hydroxyl groups is 1. The molecule has 0 amide bonds. The molecular formula is C21H20O9. The van der Waals surface area contributed by atoms with E-state index >= 15 is 0 Å². The number of carbonyl (C=O) groups excluding carboxylic acids is 1. The van der Waals surface area contributed by atoms with Gasteiger partial charge in [-0.25, -0.2) is 0 Å². The Balaban J connectivity index is 1.75. The molecule has 3 aliphatic heterocycles. The maximum Gasteiger partial charge on any atom is 0.317 e. The molecule has 1 N–H and O–H groups in total. The minimum Gasteiger partial charge on any atom is -0.493 e. The lowest BCUT2D eigenvalue weighted by Crippen LogP contribution is -2.50. The minimum atomic E-state index is -1.82. The molecule has 1 saturated heterocycles. The van der Waals surface area contributed by atoms with Crippen LogP contribution < -0.4 is 28.4 Å². The number of fused-ring (bicyclic) bond motifs is 3. The zero-order valence-corrected chi connectivity index (χ0v) is 16.6. The molecule has 5 rings (SSSR count). The Kier molecular flexibility index (Phi) is 4.11. The second-order valence-corrected chi connectivity index (χ2v) is 7.21. The highest BCUT2D eigenvalue weighted by Gasteiger charge is 2.59. The highest BCUT2D eigenvalue weighted by molar-refractivity contribution is 5.80. The van der Waals surface area contributed by atoms with Gasteiger partial charge in [-0.05, 0) is 23.8 Å². The molecule has 0 radical (unpaired) electrons. The SMILES string of the molecule is COc1cc([C@@H]2c3cc4c(cc3O[C@]3(O)COC(=O)[C@H]23)OCO4)cc(OC)c1OC. The number of ether oxygens (including phenoxy) is 7. The van der Waals surface area contributed by atoms with Crippen LogP contribution in [0, 0.1) is 5.92 Å². The maximum atomic E-state index is 12.7. The van der Waals surface area contributed by atoms with Crippen molar-refractivity contribution >= 4 is 5.97 Å². The van der Waals surface area contributed by atoms with E-state index in [-0.39, 0.29) is 13.4 Å². The Hall–Kier alpha value is -3.33. The van der Waals surface area contributed by atoms with E-state index in [1.165, 1.54) is 21.3 Å². The number of hydrogen-bond donors (Lipinski definition) is 1. The van der Waals surface area contributed by atoms with Gasteiger partial charge >= 0.3 is 5.97 Å². The molecule has 3 aliphatic rings. The van der Waals surface area contributed by atoms with Crippen LogP contribution >= 0.6 is 0 Å². The molecule has 0 unspecified atom stereocenters. The highest BCUT2D eigenvalue weighted by Crippen LogP contribution is 2.55. The van der Waals surface area contributed by atoms with Crippen LogP contribution in [-0.2, 0) is 9.53 Å². The third kappa shape index (κ3) is 2.55. The van der Waals surface area contributed by atoms with Crippen molar-refractivity contribution < 1.29 is 43.1 Å². The molecule has 9 heteroatoms. The normalized spacial score (nSPS) is 25.7. The Morgan fingerprint density at radius 2 is 1.60 bits per heavy atom. The fraction of sp³-hybridized carbons (Fsp3) is 0.381. The smallest absolute Gasteiger partial charge is 0.317 e. The average Bonchev–Trinajstić information content (AvgIpc) is 3.32. The summed E-state index contributed by atoms with van der Waals surface area (Å²) in [6.45, 7) is -0.186. The first-order chi connectivity index (χ1) is 14.5. The van der Waals surface area contributed by atoms with Crippen LogP contribution in [0.2, 0.25) is 0 Å². The van der Waals surface area contributed by atoms with Gasteiger partial charge in [-0.1, -0.05) is 0 Å². The van der Waals surface area contributed by atoms with Gasteiger partial charge < -0.3 is 38.3 Å². The van der Waals surface area contributed by atoms with Crippen LogP contribution in [0.3, 0.4) is 0 Å². The predicted molar refractivity (Wildman–Crippen MR) is 101 cm³/mol. The maximum absolute atomic E-state index is 12.7. The van der Waals surface area contributed by atoms with E-state index in [0.717, 1.165) is 0 Å². The monoisotopic (exact) mass is 416 g/mol. The third-order valence-electron chi connectivity index (χ3n) is 5.67. The second kappa shape index (κ2) is 6.60. The van der Waals surface area contributed by atoms with E-state index in [4.69, 9.17) is 33.2 Å². The van der Waals surface area contributed by atoms with Crippen molar-refractivity contribution in [1.29, 1.82) is 0 Å². The highest BCUT2D eigenvalue weighted by atomic mass is 16.7. The van der Waals surface area contributed by atoms with Crippen molar-refractivity contribution in [2.45, 2.75) is 11.7 Å². The number of esters is 1. The van der Waals surface area contributed by atoms with Crippen molar-refractivity contribution in [2.24, 2.45) is 5.92 Å². The molecule has 3 atom stereocenters. The van der Waals surface area contributed by atoms with Crippen LogP contribution in [0.15, 0.2) is 24.3 Å². The number of cyclic esters (lactones) is 1. The van der Waals surface area contributed by atoms with Gasteiger partial charge in [0.1, 0.15) is 11.7 Å². The summed E-state index contributed by atoms with van der Waals surface area (Å²) in [7, 11) is 4.53. The Morgan fingerprint density at radius 3 is 2.23 bits per heavy atom. The van der Waals surface area contributed by atoms with Crippen molar-refractivity contribution in [2.75, 3.05) is 34.7 Å². The molecule has 0 bridgehead atoms. The lowest BCUT2D eigenvalue weighted by Gasteiger charge is -2.38. The molecule has 2 aromatic rings. The Bertz CT molecular complexity index is 1010. The molecule has 0 aromatic heterocycles. The summed E-state index contributed by atoms with van der Waals surface area (Å²) in [6.07, 6.45) is 0. The van der Waals surface area contributed by atoms with Crippen molar-refractivity contribution in [3.63, 3.8) is 0 Å². The number of benzene rings is 2. The molecule has 2 aromatic carbocycles. The molecular weight excluding hydrogens is 396 g/mol. The molecule has 3 heterocycles. The van der Waals surface area contributed by atoms with Crippen LogP contribution in [0.5, 0.6) is 34.5 Å². The summed E-state index contributed by atoms with van der Waals surface area (Å²) < 4.78 is 38.3. The number of rotatable bonds is 4. The van der Waals surface area contributed by atoms with Crippen LogP contribution in [0.25, 0.3) is 0 Å². The van der Waals surface area contributed by atoms with Gasteiger partial charge in [0.15, 0.2) is 29.6 Å². The standard InChI is InChI=1S/C21H20O9/c1-24-15-4-10(5-16(25-2)19(15)26-3)17-11-6-13-14(29-9-28-13)7-12(11)30-21(23)8-27-20(22)18(17)21/h4-7,17-18,23H,8-9H2,1-3H3/t17-,18+,21-/m1/s1. The number of methoxy groups -OCH3 is 3. The van der Waals surface area contributed by atoms with Gasteiger partial charge in [0.05, 0.1) is 21.3 Å². The minimum absolute atomic E-state index is 0.0861. The van der Waals surface area contributed by atoms with E-state index in [1.54, 1.807) is 24.3 Å². The van der Waals surface area contributed by atoms with Gasteiger partial charge in [0.2, 0.25) is 12.5 Å². The van der Waals surface area contributed by atoms with Crippen LogP contribution in [0.4, 0.5) is 0 Å². The Morgan fingerprint density at radius 1 is 0.933 bits per heavy atom. The lowest BCUT2D eigenvalue weighted by molar-refractivity contribution is -0.173. The summed E-state index contributed by atoms with van der Waals surface area (Å²) in [5.74, 6) is -1.28. The molecule has 30 heavy (non-hydrogen) atoms. The fourth-order valence-electron chi connectivity index (χ4n) is 4.32. The van der Waals surface area contributed by atoms with Crippen LogP contribution in [-0.4, -0.2) is 51.6 Å². The molecule has 0 aliphatic carbocycles. The molecule has 0 saturated carbocycles.